The van der Waals surface area contributed by atoms with Crippen molar-refractivity contribution in [2.24, 2.45) is 5.92 Å². The third kappa shape index (κ3) is 3.24. The van der Waals surface area contributed by atoms with E-state index in [0.29, 0.717) is 13.1 Å². The zero-order chi connectivity index (χ0) is 13.8. The van der Waals surface area contributed by atoms with Crippen molar-refractivity contribution < 1.29 is 14.7 Å². The molecule has 1 aliphatic rings. The van der Waals surface area contributed by atoms with Gasteiger partial charge in [0.15, 0.2) is 0 Å². The van der Waals surface area contributed by atoms with Crippen LogP contribution < -0.4 is 5.32 Å². The molecule has 1 atom stereocenters. The van der Waals surface area contributed by atoms with Gasteiger partial charge in [0.25, 0.3) is 0 Å². The second kappa shape index (κ2) is 5.89. The zero-order valence-electron chi connectivity index (χ0n) is 11.1. The lowest BCUT2D eigenvalue weighted by atomic mass is 9.96. The molecule has 0 aliphatic heterocycles. The maximum Gasteiger partial charge on any atom is 0.329 e. The summed E-state index contributed by atoms with van der Waals surface area (Å²) in [6.45, 7) is 8.19. The Bertz CT molecular complexity index is 339. The third-order valence-electron chi connectivity index (χ3n) is 3.33. The summed E-state index contributed by atoms with van der Waals surface area (Å²) >= 11 is 0. The van der Waals surface area contributed by atoms with Crippen LogP contribution in [-0.4, -0.2) is 40.6 Å². The van der Waals surface area contributed by atoms with Crippen molar-refractivity contribution >= 4 is 12.0 Å². The Labute approximate surface area is 108 Å². The molecule has 1 aliphatic carbocycles. The average molecular weight is 254 g/mol. The van der Waals surface area contributed by atoms with E-state index < -0.39 is 11.5 Å². The topological polar surface area (TPSA) is 69.6 Å². The predicted octanol–water partition coefficient (Wildman–Crippen LogP) is 1.85. The van der Waals surface area contributed by atoms with Gasteiger partial charge in [-0.1, -0.05) is 13.0 Å². The van der Waals surface area contributed by atoms with Gasteiger partial charge in [0, 0.05) is 13.1 Å². The van der Waals surface area contributed by atoms with E-state index in [1.807, 2.05) is 6.92 Å². The molecule has 102 valence electrons. The van der Waals surface area contributed by atoms with Crippen molar-refractivity contribution in [3.63, 3.8) is 0 Å². The quantitative estimate of drug-likeness (QED) is 0.681. The van der Waals surface area contributed by atoms with E-state index in [2.05, 4.69) is 11.9 Å². The minimum absolute atomic E-state index is 0.0474. The maximum absolute atomic E-state index is 12.1. The molecule has 0 aromatic carbocycles. The van der Waals surface area contributed by atoms with Gasteiger partial charge < -0.3 is 15.3 Å². The number of aliphatic carboxylic acids is 1. The Balaban J connectivity index is 2.70. The molecule has 2 amide bonds. The summed E-state index contributed by atoms with van der Waals surface area (Å²) in [5.74, 6) is -0.917. The fourth-order valence-corrected chi connectivity index (χ4v) is 1.99. The summed E-state index contributed by atoms with van der Waals surface area (Å²) in [5, 5.41) is 11.9. The monoisotopic (exact) mass is 254 g/mol. The fourth-order valence-electron chi connectivity index (χ4n) is 1.99. The number of carboxylic acids is 1. The highest BCUT2D eigenvalue weighted by molar-refractivity contribution is 5.86. The number of amides is 2. The Morgan fingerprint density at radius 1 is 1.56 bits per heavy atom. The minimum atomic E-state index is -1.15. The van der Waals surface area contributed by atoms with E-state index in [4.69, 9.17) is 0 Å². The van der Waals surface area contributed by atoms with Crippen LogP contribution in [0.5, 0.6) is 0 Å². The molecule has 0 aromatic rings. The zero-order valence-corrected chi connectivity index (χ0v) is 11.1. The smallest absolute Gasteiger partial charge is 0.329 e. The van der Waals surface area contributed by atoms with E-state index in [9.17, 15) is 14.7 Å². The lowest BCUT2D eigenvalue weighted by Crippen LogP contribution is -2.57. The van der Waals surface area contributed by atoms with Crippen molar-refractivity contribution in [3.05, 3.63) is 12.7 Å². The SMILES string of the molecule is C=CCN(CCC)C(=O)NC(C)(C(=O)O)C1CC1. The number of carbonyl (C=O) groups excluding carboxylic acids is 1. The molecule has 0 aromatic heterocycles. The molecule has 18 heavy (non-hydrogen) atoms. The summed E-state index contributed by atoms with van der Waals surface area (Å²) in [5.41, 5.74) is -1.15. The molecule has 2 N–H and O–H groups in total. The standard InChI is InChI=1S/C13H22N2O3/c1-4-8-15(9-5-2)12(18)14-13(3,11(16)17)10-6-7-10/h4,10H,1,5-9H2,2-3H3,(H,14,18)(H,16,17). The Morgan fingerprint density at radius 3 is 2.56 bits per heavy atom. The first-order valence-electron chi connectivity index (χ1n) is 6.37. The van der Waals surface area contributed by atoms with Crippen LogP contribution in [0.4, 0.5) is 4.79 Å². The molecule has 0 bridgehead atoms. The van der Waals surface area contributed by atoms with Crippen molar-refractivity contribution in [3.8, 4) is 0 Å². The molecule has 0 heterocycles. The van der Waals surface area contributed by atoms with Crippen LogP contribution in [0.15, 0.2) is 12.7 Å². The van der Waals surface area contributed by atoms with Crippen molar-refractivity contribution in [1.82, 2.24) is 10.2 Å². The van der Waals surface area contributed by atoms with Crippen LogP contribution in [-0.2, 0) is 4.79 Å². The molecule has 1 unspecified atom stereocenters. The van der Waals surface area contributed by atoms with Crippen LogP contribution in [0.2, 0.25) is 0 Å². The summed E-state index contributed by atoms with van der Waals surface area (Å²) in [4.78, 5) is 25.0. The van der Waals surface area contributed by atoms with Gasteiger partial charge in [-0.05, 0) is 32.1 Å². The summed E-state index contributed by atoms with van der Waals surface area (Å²) in [6.07, 6.45) is 4.19. The molecule has 5 heteroatoms. The van der Waals surface area contributed by atoms with Gasteiger partial charge in [0.1, 0.15) is 5.54 Å². The van der Waals surface area contributed by atoms with Crippen molar-refractivity contribution in [2.45, 2.75) is 38.6 Å². The highest BCUT2D eigenvalue weighted by Gasteiger charge is 2.49. The Hall–Kier alpha value is -1.52. The van der Waals surface area contributed by atoms with Gasteiger partial charge in [-0.15, -0.1) is 6.58 Å². The fraction of sp³-hybridized carbons (Fsp3) is 0.692. The van der Waals surface area contributed by atoms with Crippen molar-refractivity contribution in [2.75, 3.05) is 13.1 Å². The van der Waals surface area contributed by atoms with Crippen LogP contribution in [0.3, 0.4) is 0 Å². The summed E-state index contributed by atoms with van der Waals surface area (Å²) < 4.78 is 0. The van der Waals surface area contributed by atoms with Gasteiger partial charge in [0.2, 0.25) is 0 Å². The second-order valence-corrected chi connectivity index (χ2v) is 4.95. The van der Waals surface area contributed by atoms with E-state index in [1.54, 1.807) is 17.9 Å². The lowest BCUT2D eigenvalue weighted by molar-refractivity contribution is -0.144. The molecule has 0 radical (unpaired) electrons. The van der Waals surface area contributed by atoms with Gasteiger partial charge >= 0.3 is 12.0 Å². The first-order valence-corrected chi connectivity index (χ1v) is 6.37. The van der Waals surface area contributed by atoms with Crippen LogP contribution in [0.1, 0.15) is 33.1 Å². The molecule has 1 rings (SSSR count). The van der Waals surface area contributed by atoms with Gasteiger partial charge in [-0.2, -0.15) is 0 Å². The summed E-state index contributed by atoms with van der Waals surface area (Å²) in [6, 6.07) is -0.325. The summed E-state index contributed by atoms with van der Waals surface area (Å²) in [7, 11) is 0. The Kier molecular flexibility index (Phi) is 4.76. The van der Waals surface area contributed by atoms with Crippen LogP contribution >= 0.6 is 0 Å². The highest BCUT2D eigenvalue weighted by Crippen LogP contribution is 2.39. The molecular weight excluding hydrogens is 232 g/mol. The van der Waals surface area contributed by atoms with Gasteiger partial charge in [-0.3, -0.25) is 0 Å². The lowest BCUT2D eigenvalue weighted by Gasteiger charge is -2.30. The second-order valence-electron chi connectivity index (χ2n) is 4.95. The normalized spacial score (nSPS) is 17.7. The number of nitrogens with one attached hydrogen (secondary N) is 1. The number of nitrogens with zero attached hydrogens (tertiary/aromatic N) is 1. The molecule has 0 saturated heterocycles. The van der Waals surface area contributed by atoms with E-state index >= 15 is 0 Å². The van der Waals surface area contributed by atoms with E-state index in [0.717, 1.165) is 19.3 Å². The number of hydrogen-bond donors (Lipinski definition) is 2. The average Bonchev–Trinajstić information content (AvgIpc) is 3.12. The number of carbonyl (C=O) groups is 2. The van der Waals surface area contributed by atoms with E-state index in [-0.39, 0.29) is 11.9 Å². The molecule has 5 nitrogen and oxygen atoms in total. The van der Waals surface area contributed by atoms with Crippen LogP contribution in [0, 0.1) is 5.92 Å². The van der Waals surface area contributed by atoms with Gasteiger partial charge in [-0.25, -0.2) is 9.59 Å². The predicted molar refractivity (Wildman–Crippen MR) is 69.4 cm³/mol. The molecule has 1 saturated carbocycles. The van der Waals surface area contributed by atoms with Crippen LogP contribution in [0.25, 0.3) is 0 Å². The number of urea groups is 1. The van der Waals surface area contributed by atoms with Crippen molar-refractivity contribution in [1.29, 1.82) is 0 Å². The minimum Gasteiger partial charge on any atom is -0.480 e. The number of hydrogen-bond acceptors (Lipinski definition) is 2. The number of rotatable bonds is 7. The largest absolute Gasteiger partial charge is 0.480 e. The Morgan fingerprint density at radius 2 is 2.17 bits per heavy atom. The first-order chi connectivity index (χ1) is 8.45. The third-order valence-corrected chi connectivity index (χ3v) is 3.33. The molecule has 0 spiro atoms. The maximum atomic E-state index is 12.1. The van der Waals surface area contributed by atoms with E-state index in [1.165, 1.54) is 0 Å². The highest BCUT2D eigenvalue weighted by atomic mass is 16.4. The molecule has 1 fully saturated rings. The number of carboxylic acid groups (broad SMARTS) is 1. The molecular formula is C13H22N2O3. The van der Waals surface area contributed by atoms with Gasteiger partial charge in [0.05, 0.1) is 0 Å². The first kappa shape index (κ1) is 14.5.